The summed E-state index contributed by atoms with van der Waals surface area (Å²) < 4.78 is 0. The van der Waals surface area contributed by atoms with Gasteiger partial charge in [-0.25, -0.2) is 0 Å². The molecule has 0 spiro atoms. The predicted octanol–water partition coefficient (Wildman–Crippen LogP) is 3.31. The molecule has 26 heavy (non-hydrogen) atoms. The molecule has 0 aliphatic heterocycles. The molecule has 0 saturated carbocycles. The van der Waals surface area contributed by atoms with Crippen molar-refractivity contribution >= 4 is 0 Å². The van der Waals surface area contributed by atoms with Crippen LogP contribution in [0.1, 0.15) is 67.1 Å². The highest BCUT2D eigenvalue weighted by molar-refractivity contribution is 5.36. The van der Waals surface area contributed by atoms with Crippen molar-refractivity contribution in [3.8, 4) is 0 Å². The molecule has 0 fully saturated rings. The van der Waals surface area contributed by atoms with E-state index in [0.717, 1.165) is 24.0 Å². The molecule has 0 aromatic heterocycles. The fourth-order valence-electron chi connectivity index (χ4n) is 3.15. The number of hydrogen-bond donors (Lipinski definition) is 4. The van der Waals surface area contributed by atoms with Crippen LogP contribution in [0.15, 0.2) is 48.5 Å². The smallest absolute Gasteiger partial charge is 0.102 e. The van der Waals surface area contributed by atoms with E-state index in [2.05, 4.69) is 13.8 Å². The lowest BCUT2D eigenvalue weighted by Gasteiger charge is -2.22. The van der Waals surface area contributed by atoms with E-state index in [1.807, 2.05) is 48.5 Å². The Morgan fingerprint density at radius 1 is 0.692 bits per heavy atom. The normalized spacial score (nSPS) is 16.1. The van der Waals surface area contributed by atoms with Crippen LogP contribution in [0.25, 0.3) is 0 Å². The first-order valence-electron chi connectivity index (χ1n) is 9.27. The van der Waals surface area contributed by atoms with Crippen LogP contribution in [0.2, 0.25) is 0 Å². The maximum absolute atomic E-state index is 9.77. The molecule has 0 bridgehead atoms. The summed E-state index contributed by atoms with van der Waals surface area (Å²) >= 11 is 0. The quantitative estimate of drug-likeness (QED) is 0.554. The molecule has 2 aromatic carbocycles. The first-order chi connectivity index (χ1) is 12.5. The van der Waals surface area contributed by atoms with Crippen molar-refractivity contribution in [3.63, 3.8) is 0 Å². The predicted molar refractivity (Wildman–Crippen MR) is 103 cm³/mol. The van der Waals surface area contributed by atoms with E-state index in [1.165, 1.54) is 0 Å². The van der Waals surface area contributed by atoms with Crippen LogP contribution >= 0.6 is 0 Å². The van der Waals surface area contributed by atoms with Crippen LogP contribution in [0.5, 0.6) is 0 Å². The number of aliphatic hydroxyl groups is 4. The van der Waals surface area contributed by atoms with Crippen LogP contribution in [0.3, 0.4) is 0 Å². The van der Waals surface area contributed by atoms with Gasteiger partial charge in [0.1, 0.15) is 12.2 Å². The van der Waals surface area contributed by atoms with Crippen molar-refractivity contribution in [1.29, 1.82) is 0 Å². The Kier molecular flexibility index (Phi) is 7.79. The zero-order valence-electron chi connectivity index (χ0n) is 15.5. The lowest BCUT2D eigenvalue weighted by atomic mass is 9.82. The number of aliphatic hydroxyl groups excluding tert-OH is 4. The van der Waals surface area contributed by atoms with Crippen LogP contribution < -0.4 is 0 Å². The van der Waals surface area contributed by atoms with Gasteiger partial charge in [-0.3, -0.25) is 0 Å². The van der Waals surface area contributed by atoms with E-state index in [1.54, 1.807) is 0 Å². The standard InChI is InChI=1S/C22H30O4/c1-3-15(2)12-20(16-4-8-18(9-5-16)21(25)13-23)17-6-10-19(11-7-17)22(26)14-24/h4-11,15,20-26H,3,12-14H2,1-2H3. The maximum atomic E-state index is 9.77. The van der Waals surface area contributed by atoms with Gasteiger partial charge in [0.2, 0.25) is 0 Å². The van der Waals surface area contributed by atoms with Gasteiger partial charge in [-0.1, -0.05) is 68.8 Å². The Bertz CT molecular complexity index is 597. The maximum Gasteiger partial charge on any atom is 0.102 e. The van der Waals surface area contributed by atoms with Crippen molar-refractivity contribution in [2.45, 2.75) is 44.8 Å². The van der Waals surface area contributed by atoms with Gasteiger partial charge in [-0.2, -0.15) is 0 Å². The molecule has 0 radical (unpaired) electrons. The van der Waals surface area contributed by atoms with Crippen molar-refractivity contribution in [3.05, 3.63) is 70.8 Å². The lowest BCUT2D eigenvalue weighted by molar-refractivity contribution is 0.0956. The highest BCUT2D eigenvalue weighted by atomic mass is 16.3. The Morgan fingerprint density at radius 2 is 1.04 bits per heavy atom. The summed E-state index contributed by atoms with van der Waals surface area (Å²) in [5.74, 6) is 0.774. The second-order valence-corrected chi connectivity index (χ2v) is 7.03. The molecule has 0 aliphatic carbocycles. The summed E-state index contributed by atoms with van der Waals surface area (Å²) in [5, 5.41) is 37.7. The topological polar surface area (TPSA) is 80.9 Å². The molecule has 0 saturated heterocycles. The molecule has 0 amide bonds. The van der Waals surface area contributed by atoms with Crippen molar-refractivity contribution in [1.82, 2.24) is 0 Å². The molecule has 4 heteroatoms. The van der Waals surface area contributed by atoms with Crippen LogP contribution in [-0.4, -0.2) is 33.6 Å². The van der Waals surface area contributed by atoms with Gasteiger partial charge in [0, 0.05) is 5.92 Å². The largest absolute Gasteiger partial charge is 0.393 e. The molecule has 3 unspecified atom stereocenters. The Hall–Kier alpha value is -1.72. The number of rotatable bonds is 9. The summed E-state index contributed by atoms with van der Waals surface area (Å²) in [7, 11) is 0. The summed E-state index contributed by atoms with van der Waals surface area (Å²) in [5.41, 5.74) is 3.74. The molecule has 3 atom stereocenters. The zero-order valence-corrected chi connectivity index (χ0v) is 15.5. The van der Waals surface area contributed by atoms with Crippen molar-refractivity contribution < 1.29 is 20.4 Å². The minimum absolute atomic E-state index is 0.214. The molecule has 2 rings (SSSR count). The van der Waals surface area contributed by atoms with E-state index in [-0.39, 0.29) is 19.1 Å². The van der Waals surface area contributed by atoms with Gasteiger partial charge in [-0.05, 0) is 34.6 Å². The fourth-order valence-corrected chi connectivity index (χ4v) is 3.15. The van der Waals surface area contributed by atoms with Gasteiger partial charge in [0.15, 0.2) is 0 Å². The fraction of sp³-hybridized carbons (Fsp3) is 0.455. The minimum atomic E-state index is -0.851. The van der Waals surface area contributed by atoms with Gasteiger partial charge in [0.05, 0.1) is 13.2 Å². The van der Waals surface area contributed by atoms with Gasteiger partial charge < -0.3 is 20.4 Å². The summed E-state index contributed by atoms with van der Waals surface area (Å²) in [6, 6.07) is 15.5. The van der Waals surface area contributed by atoms with Gasteiger partial charge in [-0.15, -0.1) is 0 Å². The van der Waals surface area contributed by atoms with Gasteiger partial charge in [0.25, 0.3) is 0 Å². The Morgan fingerprint density at radius 3 is 1.35 bits per heavy atom. The molecule has 0 heterocycles. The van der Waals surface area contributed by atoms with E-state index in [9.17, 15) is 10.2 Å². The van der Waals surface area contributed by atoms with Crippen LogP contribution in [0, 0.1) is 5.92 Å². The van der Waals surface area contributed by atoms with Crippen molar-refractivity contribution in [2.24, 2.45) is 5.92 Å². The molecule has 4 N–H and O–H groups in total. The Labute approximate surface area is 155 Å². The summed E-state index contributed by atoms with van der Waals surface area (Å²) in [6.45, 7) is 3.85. The van der Waals surface area contributed by atoms with E-state index in [0.29, 0.717) is 17.0 Å². The highest BCUT2D eigenvalue weighted by Gasteiger charge is 2.18. The number of hydrogen-bond acceptors (Lipinski definition) is 4. The second kappa shape index (κ2) is 9.83. The first kappa shape index (κ1) is 20.6. The van der Waals surface area contributed by atoms with Crippen molar-refractivity contribution in [2.75, 3.05) is 13.2 Å². The van der Waals surface area contributed by atoms with E-state index in [4.69, 9.17) is 10.2 Å². The van der Waals surface area contributed by atoms with E-state index < -0.39 is 12.2 Å². The molecule has 0 aliphatic rings. The summed E-state index contributed by atoms with van der Waals surface area (Å²) in [6.07, 6.45) is 0.395. The summed E-state index contributed by atoms with van der Waals surface area (Å²) in [4.78, 5) is 0. The average Bonchev–Trinajstić information content (AvgIpc) is 2.70. The minimum Gasteiger partial charge on any atom is -0.393 e. The average molecular weight is 358 g/mol. The van der Waals surface area contributed by atoms with Crippen LogP contribution in [0.4, 0.5) is 0 Å². The third-order valence-corrected chi connectivity index (χ3v) is 5.13. The number of benzene rings is 2. The van der Waals surface area contributed by atoms with Crippen LogP contribution in [-0.2, 0) is 0 Å². The third kappa shape index (κ3) is 5.15. The van der Waals surface area contributed by atoms with E-state index >= 15 is 0 Å². The SMILES string of the molecule is CCC(C)CC(c1ccc(C(O)CO)cc1)c1ccc(C(O)CO)cc1. The zero-order chi connectivity index (χ0) is 19.1. The lowest BCUT2D eigenvalue weighted by Crippen LogP contribution is -2.09. The Balaban J connectivity index is 2.31. The molecular weight excluding hydrogens is 328 g/mol. The first-order valence-corrected chi connectivity index (χ1v) is 9.27. The molecular formula is C22H30O4. The monoisotopic (exact) mass is 358 g/mol. The highest BCUT2D eigenvalue weighted by Crippen LogP contribution is 2.33. The molecule has 142 valence electrons. The molecule has 2 aromatic rings. The molecule has 4 nitrogen and oxygen atoms in total. The second-order valence-electron chi connectivity index (χ2n) is 7.03. The van der Waals surface area contributed by atoms with Gasteiger partial charge >= 0.3 is 0 Å². The third-order valence-electron chi connectivity index (χ3n) is 5.13.